The zero-order chi connectivity index (χ0) is 13.0. The molecule has 4 heteroatoms. The number of likely N-dealkylation sites (N-methyl/N-ethyl adjacent to an activating group) is 1. The third kappa shape index (κ3) is 3.03. The Bertz CT molecular complexity index is 245. The summed E-state index contributed by atoms with van der Waals surface area (Å²) in [5, 5.41) is 0. The lowest BCUT2D eigenvalue weighted by atomic mass is 9.89. The SMILES string of the molecule is CCN1CCC(N(C)C2(CN)CCCSC2)CC1. The molecule has 18 heavy (non-hydrogen) atoms. The number of hydrogen-bond donors (Lipinski definition) is 1. The largest absolute Gasteiger partial charge is 0.329 e. The number of nitrogens with zero attached hydrogens (tertiary/aromatic N) is 2. The van der Waals surface area contributed by atoms with Crippen LogP contribution in [0, 0.1) is 0 Å². The summed E-state index contributed by atoms with van der Waals surface area (Å²) in [7, 11) is 2.32. The molecule has 1 unspecified atom stereocenters. The van der Waals surface area contributed by atoms with Gasteiger partial charge in [-0.25, -0.2) is 0 Å². The lowest BCUT2D eigenvalue weighted by Crippen LogP contribution is -2.60. The predicted octanol–water partition coefficient (Wildman–Crippen LogP) is 1.63. The highest BCUT2D eigenvalue weighted by Gasteiger charge is 2.39. The van der Waals surface area contributed by atoms with Crippen molar-refractivity contribution in [1.29, 1.82) is 0 Å². The summed E-state index contributed by atoms with van der Waals surface area (Å²) >= 11 is 2.09. The van der Waals surface area contributed by atoms with Crippen molar-refractivity contribution in [3.63, 3.8) is 0 Å². The van der Waals surface area contributed by atoms with Gasteiger partial charge in [0.15, 0.2) is 0 Å². The van der Waals surface area contributed by atoms with Crippen molar-refractivity contribution in [2.75, 3.05) is 44.7 Å². The van der Waals surface area contributed by atoms with Crippen LogP contribution >= 0.6 is 11.8 Å². The van der Waals surface area contributed by atoms with Gasteiger partial charge in [-0.3, -0.25) is 4.90 Å². The molecular formula is C14H29N3S. The van der Waals surface area contributed by atoms with Crippen molar-refractivity contribution in [1.82, 2.24) is 9.80 Å². The molecule has 0 aromatic rings. The molecule has 2 fully saturated rings. The minimum atomic E-state index is 0.280. The van der Waals surface area contributed by atoms with E-state index >= 15 is 0 Å². The van der Waals surface area contributed by atoms with E-state index in [9.17, 15) is 0 Å². The summed E-state index contributed by atoms with van der Waals surface area (Å²) in [5.74, 6) is 2.55. The van der Waals surface area contributed by atoms with Gasteiger partial charge in [0.25, 0.3) is 0 Å². The Hall–Kier alpha value is 0.230. The fourth-order valence-corrected chi connectivity index (χ4v) is 4.77. The van der Waals surface area contributed by atoms with E-state index < -0.39 is 0 Å². The van der Waals surface area contributed by atoms with E-state index in [2.05, 4.69) is 35.5 Å². The zero-order valence-corrected chi connectivity index (χ0v) is 12.8. The molecule has 2 heterocycles. The van der Waals surface area contributed by atoms with Crippen LogP contribution in [0.1, 0.15) is 32.6 Å². The van der Waals surface area contributed by atoms with E-state index in [-0.39, 0.29) is 5.54 Å². The van der Waals surface area contributed by atoms with Crippen LogP contribution in [0.25, 0.3) is 0 Å². The highest BCUT2D eigenvalue weighted by molar-refractivity contribution is 7.99. The number of nitrogens with two attached hydrogens (primary N) is 1. The maximum absolute atomic E-state index is 6.13. The fraction of sp³-hybridized carbons (Fsp3) is 1.00. The molecule has 3 nitrogen and oxygen atoms in total. The van der Waals surface area contributed by atoms with Crippen molar-refractivity contribution >= 4 is 11.8 Å². The normalized spacial score (nSPS) is 32.0. The van der Waals surface area contributed by atoms with Crippen molar-refractivity contribution in [3.8, 4) is 0 Å². The Balaban J connectivity index is 1.94. The van der Waals surface area contributed by atoms with Crippen molar-refractivity contribution in [2.45, 2.75) is 44.2 Å². The summed E-state index contributed by atoms with van der Waals surface area (Å²) in [6, 6.07) is 0.745. The summed E-state index contributed by atoms with van der Waals surface area (Å²) in [6.45, 7) is 6.82. The maximum Gasteiger partial charge on any atom is 0.0422 e. The molecule has 0 saturated carbocycles. The molecule has 2 aliphatic heterocycles. The van der Waals surface area contributed by atoms with Gasteiger partial charge >= 0.3 is 0 Å². The molecule has 2 rings (SSSR count). The van der Waals surface area contributed by atoms with E-state index in [1.807, 2.05) is 0 Å². The second kappa shape index (κ2) is 6.60. The van der Waals surface area contributed by atoms with Crippen LogP contribution in [0.5, 0.6) is 0 Å². The van der Waals surface area contributed by atoms with Gasteiger partial charge in [0, 0.05) is 23.9 Å². The van der Waals surface area contributed by atoms with Gasteiger partial charge in [0.1, 0.15) is 0 Å². The topological polar surface area (TPSA) is 32.5 Å². The number of thioether (sulfide) groups is 1. The minimum Gasteiger partial charge on any atom is -0.329 e. The standard InChI is InChI=1S/C14H29N3S/c1-3-17-8-5-13(6-9-17)16(2)14(11-15)7-4-10-18-12-14/h13H,3-12,15H2,1-2H3. The molecule has 0 amide bonds. The van der Waals surface area contributed by atoms with Crippen LogP contribution in [0.3, 0.4) is 0 Å². The molecule has 0 spiro atoms. The molecule has 2 aliphatic rings. The number of piperidine rings is 1. The molecule has 0 aliphatic carbocycles. The fourth-order valence-electron chi connectivity index (χ4n) is 3.43. The summed E-state index contributed by atoms with van der Waals surface area (Å²) in [6.07, 6.45) is 5.26. The highest BCUT2D eigenvalue weighted by atomic mass is 32.2. The molecular weight excluding hydrogens is 242 g/mol. The van der Waals surface area contributed by atoms with E-state index in [1.54, 1.807) is 0 Å². The molecule has 2 saturated heterocycles. The average Bonchev–Trinajstić information content (AvgIpc) is 2.47. The first kappa shape index (κ1) is 14.6. The summed E-state index contributed by atoms with van der Waals surface area (Å²) < 4.78 is 0. The quantitative estimate of drug-likeness (QED) is 0.842. The minimum absolute atomic E-state index is 0.280. The number of likely N-dealkylation sites (tertiary alicyclic amines) is 1. The lowest BCUT2D eigenvalue weighted by molar-refractivity contribution is 0.0459. The monoisotopic (exact) mass is 271 g/mol. The second-order valence-corrected chi connectivity index (χ2v) is 6.97. The highest BCUT2D eigenvalue weighted by Crippen LogP contribution is 2.33. The molecule has 0 aromatic carbocycles. The first-order valence-corrected chi connectivity index (χ1v) is 8.60. The molecule has 1 atom stereocenters. The van der Waals surface area contributed by atoms with Gasteiger partial charge < -0.3 is 10.6 Å². The van der Waals surface area contributed by atoms with Crippen LogP contribution in [-0.2, 0) is 0 Å². The van der Waals surface area contributed by atoms with Crippen LogP contribution in [0.4, 0.5) is 0 Å². The van der Waals surface area contributed by atoms with Gasteiger partial charge in [-0.15, -0.1) is 0 Å². The average molecular weight is 271 g/mol. The lowest BCUT2D eigenvalue weighted by Gasteiger charge is -2.49. The third-order valence-corrected chi connectivity index (χ3v) is 6.30. The van der Waals surface area contributed by atoms with Gasteiger partial charge in [-0.1, -0.05) is 6.92 Å². The Morgan fingerprint density at radius 2 is 2.11 bits per heavy atom. The second-order valence-electron chi connectivity index (χ2n) is 5.86. The molecule has 2 N–H and O–H groups in total. The Labute approximate surface area is 116 Å². The van der Waals surface area contributed by atoms with Crippen LogP contribution in [0.15, 0.2) is 0 Å². The van der Waals surface area contributed by atoms with Crippen LogP contribution < -0.4 is 5.73 Å². The first-order chi connectivity index (χ1) is 8.72. The summed E-state index contributed by atoms with van der Waals surface area (Å²) in [4.78, 5) is 5.21. The van der Waals surface area contributed by atoms with E-state index in [4.69, 9.17) is 5.73 Å². The van der Waals surface area contributed by atoms with E-state index in [0.717, 1.165) is 12.6 Å². The van der Waals surface area contributed by atoms with Crippen molar-refractivity contribution < 1.29 is 0 Å². The van der Waals surface area contributed by atoms with Crippen LogP contribution in [-0.4, -0.2) is 66.1 Å². The van der Waals surface area contributed by atoms with Crippen molar-refractivity contribution in [3.05, 3.63) is 0 Å². The Morgan fingerprint density at radius 1 is 1.39 bits per heavy atom. The smallest absolute Gasteiger partial charge is 0.0422 e. The van der Waals surface area contributed by atoms with E-state index in [0.29, 0.717) is 0 Å². The van der Waals surface area contributed by atoms with Gasteiger partial charge in [-0.2, -0.15) is 11.8 Å². The molecule has 0 aromatic heterocycles. The third-order valence-electron chi connectivity index (χ3n) is 4.98. The van der Waals surface area contributed by atoms with Gasteiger partial charge in [0.05, 0.1) is 0 Å². The molecule has 0 radical (unpaired) electrons. The predicted molar refractivity (Wildman–Crippen MR) is 81.2 cm³/mol. The molecule has 0 bridgehead atoms. The van der Waals surface area contributed by atoms with Gasteiger partial charge in [0.2, 0.25) is 0 Å². The van der Waals surface area contributed by atoms with Crippen LogP contribution in [0.2, 0.25) is 0 Å². The number of rotatable bonds is 4. The molecule has 106 valence electrons. The van der Waals surface area contributed by atoms with Crippen molar-refractivity contribution in [2.24, 2.45) is 5.73 Å². The Kier molecular flexibility index (Phi) is 5.36. The van der Waals surface area contributed by atoms with E-state index in [1.165, 1.54) is 56.8 Å². The zero-order valence-electron chi connectivity index (χ0n) is 12.0. The van der Waals surface area contributed by atoms with Gasteiger partial charge in [-0.05, 0) is 58.1 Å². The maximum atomic E-state index is 6.13. The Morgan fingerprint density at radius 3 is 2.61 bits per heavy atom. The number of hydrogen-bond acceptors (Lipinski definition) is 4. The first-order valence-electron chi connectivity index (χ1n) is 7.45. The summed E-state index contributed by atoms with van der Waals surface area (Å²) in [5.41, 5.74) is 6.41.